The Hall–Kier alpha value is -0.213. The summed E-state index contributed by atoms with van der Waals surface area (Å²) in [5.74, 6) is 0. The smallest absolute Gasteiger partial charge is 0.0878 e. The van der Waals surface area contributed by atoms with E-state index in [1.54, 1.807) is 0 Å². The van der Waals surface area contributed by atoms with Crippen molar-refractivity contribution in [2.24, 2.45) is 0 Å². The molecule has 0 heterocycles. The van der Waals surface area contributed by atoms with Gasteiger partial charge in [-0.05, 0) is 25.0 Å². The molecule has 0 amide bonds. The van der Waals surface area contributed by atoms with Crippen molar-refractivity contribution in [3.8, 4) is 0 Å². The van der Waals surface area contributed by atoms with E-state index in [4.69, 9.17) is 10.2 Å². The highest BCUT2D eigenvalue weighted by Gasteiger charge is 2.09. The lowest BCUT2D eigenvalue weighted by molar-refractivity contribution is 0.347. The van der Waals surface area contributed by atoms with Gasteiger partial charge in [-0.2, -0.15) is 0 Å². The number of rotatable bonds is 4. The molecule has 0 aliphatic heterocycles. The van der Waals surface area contributed by atoms with E-state index in [2.05, 4.69) is 32.0 Å². The molecule has 0 aliphatic carbocycles. The Labute approximate surface area is 88.4 Å². The number of benzene rings is 1. The van der Waals surface area contributed by atoms with Crippen LogP contribution in [-0.4, -0.2) is 32.1 Å². The van der Waals surface area contributed by atoms with Crippen molar-refractivity contribution in [3.63, 3.8) is 0 Å². The first-order chi connectivity index (χ1) is 6.69. The van der Waals surface area contributed by atoms with Crippen LogP contribution in [-0.2, 0) is 0 Å². The van der Waals surface area contributed by atoms with Gasteiger partial charge in [0.05, 0.1) is 21.9 Å². The molecular formula is C10H17O2PSi. The number of aryl methyl sites for hydroxylation is 1. The Kier molecular flexibility index (Phi) is 4.76. The van der Waals surface area contributed by atoms with Crippen molar-refractivity contribution in [1.29, 1.82) is 0 Å². The monoisotopic (exact) mass is 228 g/mol. The minimum atomic E-state index is -0.511. The van der Waals surface area contributed by atoms with E-state index < -0.39 is 16.7 Å². The Morgan fingerprint density at radius 2 is 1.86 bits per heavy atom. The van der Waals surface area contributed by atoms with Crippen LogP contribution in [0.1, 0.15) is 11.1 Å². The summed E-state index contributed by atoms with van der Waals surface area (Å²) < 4.78 is 0. The summed E-state index contributed by atoms with van der Waals surface area (Å²) in [6.07, 6.45) is 0.344. The minimum absolute atomic E-state index is 0.172. The SMILES string of the molecule is Cc1cccc([SiH2]P(CO)CO)c1C. The molecule has 0 saturated carbocycles. The molecular weight excluding hydrogens is 211 g/mol. The van der Waals surface area contributed by atoms with Gasteiger partial charge in [-0.15, -0.1) is 0 Å². The molecule has 0 unspecified atom stereocenters. The molecule has 4 heteroatoms. The van der Waals surface area contributed by atoms with Crippen LogP contribution in [0.4, 0.5) is 0 Å². The highest BCUT2D eigenvalue weighted by atomic mass is 31.4. The second-order valence-corrected chi connectivity index (χ2v) is 10.1. The van der Waals surface area contributed by atoms with E-state index in [0.29, 0.717) is 0 Å². The fraction of sp³-hybridized carbons (Fsp3) is 0.400. The van der Waals surface area contributed by atoms with Gasteiger partial charge < -0.3 is 10.2 Å². The first kappa shape index (κ1) is 11.9. The molecule has 0 aliphatic rings. The zero-order chi connectivity index (χ0) is 10.6. The summed E-state index contributed by atoms with van der Waals surface area (Å²) in [5.41, 5.74) is 2.65. The molecule has 2 nitrogen and oxygen atoms in total. The first-order valence-corrected chi connectivity index (χ1v) is 9.18. The van der Waals surface area contributed by atoms with E-state index in [9.17, 15) is 0 Å². The predicted octanol–water partition coefficient (Wildman–Crippen LogP) is 0.394. The van der Waals surface area contributed by atoms with Crippen molar-refractivity contribution in [1.82, 2.24) is 0 Å². The van der Waals surface area contributed by atoms with E-state index in [-0.39, 0.29) is 12.7 Å². The van der Waals surface area contributed by atoms with Gasteiger partial charge in [0, 0.05) is 0 Å². The van der Waals surface area contributed by atoms with Gasteiger partial charge in [0.25, 0.3) is 0 Å². The van der Waals surface area contributed by atoms with E-state index in [0.717, 1.165) is 0 Å². The molecule has 0 fully saturated rings. The van der Waals surface area contributed by atoms with Crippen LogP contribution in [0.3, 0.4) is 0 Å². The summed E-state index contributed by atoms with van der Waals surface area (Å²) in [6.45, 7) is 4.23. The molecule has 1 aromatic rings. The maximum Gasteiger partial charge on any atom is 0.0878 e. The largest absolute Gasteiger partial charge is 0.392 e. The Morgan fingerprint density at radius 3 is 2.43 bits per heavy atom. The number of aliphatic hydroxyl groups excluding tert-OH is 2. The van der Waals surface area contributed by atoms with Crippen LogP contribution in [0, 0.1) is 13.8 Å². The van der Waals surface area contributed by atoms with Crippen molar-refractivity contribution < 1.29 is 10.2 Å². The van der Waals surface area contributed by atoms with Gasteiger partial charge in [-0.1, -0.05) is 30.9 Å². The second kappa shape index (κ2) is 5.62. The molecule has 2 N–H and O–H groups in total. The molecule has 14 heavy (non-hydrogen) atoms. The van der Waals surface area contributed by atoms with Gasteiger partial charge in [0.1, 0.15) is 0 Å². The quantitative estimate of drug-likeness (QED) is 0.578. The number of hydrogen-bond acceptors (Lipinski definition) is 2. The highest BCUT2D eigenvalue weighted by Crippen LogP contribution is 2.29. The molecule has 1 aromatic carbocycles. The molecule has 0 saturated heterocycles. The topological polar surface area (TPSA) is 40.5 Å². The summed E-state index contributed by atoms with van der Waals surface area (Å²) >= 11 is 0. The third kappa shape index (κ3) is 2.89. The van der Waals surface area contributed by atoms with Crippen LogP contribution in [0.15, 0.2) is 18.2 Å². The summed E-state index contributed by atoms with van der Waals surface area (Å²) in [4.78, 5) is 0. The van der Waals surface area contributed by atoms with Gasteiger partial charge in [0.2, 0.25) is 0 Å². The summed E-state index contributed by atoms with van der Waals surface area (Å²) in [6, 6.07) is 6.30. The lowest BCUT2D eigenvalue weighted by Gasteiger charge is -2.13. The lowest BCUT2D eigenvalue weighted by atomic mass is 10.1. The lowest BCUT2D eigenvalue weighted by Crippen LogP contribution is -2.19. The van der Waals surface area contributed by atoms with Crippen molar-refractivity contribution in [2.45, 2.75) is 13.8 Å². The molecule has 1 rings (SSSR count). The van der Waals surface area contributed by atoms with Gasteiger partial charge in [-0.3, -0.25) is 0 Å². The van der Waals surface area contributed by atoms with E-state index in [1.807, 2.05) is 0 Å². The van der Waals surface area contributed by atoms with Gasteiger partial charge >= 0.3 is 0 Å². The van der Waals surface area contributed by atoms with Gasteiger partial charge in [-0.25, -0.2) is 0 Å². The molecule has 0 atom stereocenters. The fourth-order valence-electron chi connectivity index (χ4n) is 1.37. The van der Waals surface area contributed by atoms with Crippen LogP contribution < -0.4 is 5.19 Å². The van der Waals surface area contributed by atoms with E-state index >= 15 is 0 Å². The predicted molar refractivity (Wildman–Crippen MR) is 65.2 cm³/mol. The highest BCUT2D eigenvalue weighted by molar-refractivity contribution is 7.87. The average Bonchev–Trinajstić information content (AvgIpc) is 2.20. The van der Waals surface area contributed by atoms with Crippen molar-refractivity contribution in [2.75, 3.05) is 12.7 Å². The fourth-order valence-corrected chi connectivity index (χ4v) is 5.97. The Morgan fingerprint density at radius 1 is 1.21 bits per heavy atom. The van der Waals surface area contributed by atoms with Crippen molar-refractivity contribution >= 4 is 21.8 Å². The maximum absolute atomic E-state index is 9.05. The maximum atomic E-state index is 9.05. The minimum Gasteiger partial charge on any atom is -0.392 e. The second-order valence-electron chi connectivity index (χ2n) is 3.47. The van der Waals surface area contributed by atoms with E-state index in [1.165, 1.54) is 16.3 Å². The third-order valence-corrected chi connectivity index (χ3v) is 8.43. The average molecular weight is 228 g/mol. The zero-order valence-corrected chi connectivity index (χ0v) is 11.0. The molecule has 0 radical (unpaired) electrons. The normalized spacial score (nSPS) is 11.8. The number of aliphatic hydroxyl groups is 2. The molecule has 78 valence electrons. The van der Waals surface area contributed by atoms with Crippen LogP contribution in [0.25, 0.3) is 0 Å². The summed E-state index contributed by atoms with van der Waals surface area (Å²) in [7, 11) is -0.994. The molecule has 0 bridgehead atoms. The standard InChI is InChI=1S/C10H17O2PSi/c1-8-4-3-5-10(9(8)2)14-13(6-11)7-12/h3-5,11-12H,6-7,14H2,1-2H3. The van der Waals surface area contributed by atoms with Gasteiger partial charge in [0.15, 0.2) is 0 Å². The number of hydrogen-bond donors (Lipinski definition) is 2. The third-order valence-electron chi connectivity index (χ3n) is 2.51. The van der Waals surface area contributed by atoms with Crippen LogP contribution in [0.5, 0.6) is 0 Å². The molecule has 0 spiro atoms. The van der Waals surface area contributed by atoms with Crippen LogP contribution in [0.2, 0.25) is 0 Å². The first-order valence-electron chi connectivity index (χ1n) is 4.68. The molecule has 0 aromatic heterocycles. The van der Waals surface area contributed by atoms with Crippen molar-refractivity contribution in [3.05, 3.63) is 29.3 Å². The Balaban J connectivity index is 2.80. The zero-order valence-electron chi connectivity index (χ0n) is 8.70. The summed E-state index contributed by atoms with van der Waals surface area (Å²) in [5, 5.41) is 19.5. The Bertz CT molecular complexity index is 300. The van der Waals surface area contributed by atoms with Crippen LogP contribution >= 0.6 is 7.47 Å².